The van der Waals surface area contributed by atoms with E-state index >= 15 is 0 Å². The van der Waals surface area contributed by atoms with Gasteiger partial charge in [0.1, 0.15) is 24.2 Å². The molecule has 0 spiro atoms. The van der Waals surface area contributed by atoms with Gasteiger partial charge in [-0.25, -0.2) is 4.57 Å². The predicted octanol–water partition coefficient (Wildman–Crippen LogP) is -2.20. The van der Waals surface area contributed by atoms with Crippen molar-refractivity contribution in [3.8, 4) is 0 Å². The summed E-state index contributed by atoms with van der Waals surface area (Å²) in [5, 5.41) is 0. The van der Waals surface area contributed by atoms with Crippen molar-refractivity contribution in [1.82, 2.24) is 4.57 Å². The van der Waals surface area contributed by atoms with Gasteiger partial charge in [-0.2, -0.15) is 0 Å². The molecule has 1 aromatic heterocycles. The Morgan fingerprint density at radius 3 is 2.56 bits per heavy atom. The largest absolute Gasteiger partial charge is 1.00 e. The van der Waals surface area contributed by atoms with E-state index in [0.717, 1.165) is 6.54 Å². The first-order valence-corrected chi connectivity index (χ1v) is 2.90. The molecule has 0 aliphatic heterocycles. The van der Waals surface area contributed by atoms with E-state index in [1.54, 1.807) is 6.20 Å². The lowest BCUT2D eigenvalue weighted by Gasteiger charge is -1.79. The minimum Gasteiger partial charge on any atom is -1.00 e. The van der Waals surface area contributed by atoms with E-state index in [9.17, 15) is 0 Å². The minimum atomic E-state index is 0. The summed E-state index contributed by atoms with van der Waals surface area (Å²) >= 11 is 5.53. The van der Waals surface area contributed by atoms with E-state index in [-0.39, 0.29) is 12.4 Å². The molecule has 0 saturated heterocycles. The lowest BCUT2D eigenvalue weighted by Crippen LogP contribution is -3.00. The minimum absolute atomic E-state index is 0. The van der Waals surface area contributed by atoms with Crippen molar-refractivity contribution < 1.29 is 16.5 Å². The molecule has 0 unspecified atom stereocenters. The number of hydrogen-bond acceptors (Lipinski definition) is 0. The highest BCUT2D eigenvalue weighted by Crippen LogP contribution is 1.81. The quantitative estimate of drug-likeness (QED) is 0.449. The van der Waals surface area contributed by atoms with Gasteiger partial charge < -0.3 is 12.4 Å². The van der Waals surface area contributed by atoms with Crippen LogP contribution < -0.4 is 16.5 Å². The Labute approximate surface area is 65.6 Å². The van der Waals surface area contributed by atoms with Crippen molar-refractivity contribution >= 4 is 11.8 Å². The van der Waals surface area contributed by atoms with E-state index < -0.39 is 0 Å². The molecule has 0 radical (unpaired) electrons. The fourth-order valence-corrected chi connectivity index (χ4v) is 0.718. The molecule has 0 aliphatic carbocycles. The molecule has 0 N–H and O–H groups in total. The van der Waals surface area contributed by atoms with Gasteiger partial charge in [-0.1, -0.05) is 0 Å². The third-order valence-corrected chi connectivity index (χ3v) is 1.22. The van der Waals surface area contributed by atoms with Gasteiger partial charge in [0.05, 0.1) is 6.54 Å². The van der Waals surface area contributed by atoms with Crippen LogP contribution in [0.1, 0.15) is 6.92 Å². The Hall–Kier alpha value is -0.210. The van der Waals surface area contributed by atoms with Crippen LogP contribution in [0, 0.1) is 0 Å². The highest BCUT2D eigenvalue weighted by atomic mass is 35.5. The first-order valence-electron chi connectivity index (χ1n) is 2.56. The maximum Gasteiger partial charge on any atom is 0.261 e. The smallest absolute Gasteiger partial charge is 0.261 e. The van der Waals surface area contributed by atoms with E-state index in [0.29, 0.717) is 0 Å². The van der Waals surface area contributed by atoms with Gasteiger partial charge in [-0.15, -0.1) is 4.09 Å². The Kier molecular flexibility index (Phi) is 3.66. The van der Waals surface area contributed by atoms with Crippen LogP contribution in [0.3, 0.4) is 0 Å². The lowest BCUT2D eigenvalue weighted by molar-refractivity contribution is -0.518. The van der Waals surface area contributed by atoms with E-state index in [4.69, 9.17) is 11.8 Å². The van der Waals surface area contributed by atoms with Crippen LogP contribution in [-0.2, 0) is 6.54 Å². The van der Waals surface area contributed by atoms with Crippen LogP contribution in [0.25, 0.3) is 0 Å². The predicted molar refractivity (Wildman–Crippen MR) is 31.6 cm³/mol. The number of nitrogens with zero attached hydrogens (tertiary/aromatic N) is 2. The molecule has 1 heterocycles. The average molecular weight is 167 g/mol. The Balaban J connectivity index is 0.000000640. The fourth-order valence-electron chi connectivity index (χ4n) is 0.555. The second kappa shape index (κ2) is 3.75. The fraction of sp³-hybridized carbons (Fsp3) is 0.400. The number of hydrogen-bond donors (Lipinski definition) is 0. The van der Waals surface area contributed by atoms with Crippen molar-refractivity contribution in [2.45, 2.75) is 13.5 Å². The molecular weight excluding hydrogens is 159 g/mol. The van der Waals surface area contributed by atoms with Crippen LogP contribution in [0.5, 0.6) is 0 Å². The van der Waals surface area contributed by atoms with Gasteiger partial charge in [0.25, 0.3) is 6.33 Å². The zero-order chi connectivity index (χ0) is 5.98. The summed E-state index contributed by atoms with van der Waals surface area (Å²) in [5.74, 6) is 0. The zero-order valence-corrected chi connectivity index (χ0v) is 6.60. The Bertz CT molecular complexity index is 173. The molecule has 1 aromatic rings. The molecule has 0 amide bonds. The van der Waals surface area contributed by atoms with Crippen LogP contribution >= 0.6 is 11.8 Å². The highest BCUT2D eigenvalue weighted by Gasteiger charge is 1.94. The third-order valence-electron chi connectivity index (χ3n) is 1.02. The van der Waals surface area contributed by atoms with Gasteiger partial charge in [0.15, 0.2) is 0 Å². The highest BCUT2D eigenvalue weighted by molar-refractivity contribution is 6.04. The monoisotopic (exact) mass is 166 g/mol. The van der Waals surface area contributed by atoms with Gasteiger partial charge in [0, 0.05) is 0 Å². The maximum absolute atomic E-state index is 5.53. The molecule has 0 fully saturated rings. The molecule has 9 heavy (non-hydrogen) atoms. The van der Waals surface area contributed by atoms with E-state index in [1.165, 1.54) is 4.09 Å². The molecule has 0 saturated carbocycles. The van der Waals surface area contributed by atoms with Crippen LogP contribution in [-0.4, -0.2) is 4.57 Å². The molecule has 0 aliphatic rings. The molecule has 4 heteroatoms. The SMILES string of the molecule is CCn1cc[n+](Cl)c1.[Cl-]. The summed E-state index contributed by atoms with van der Waals surface area (Å²) in [5.41, 5.74) is 0. The number of aryl methyl sites for hydroxylation is 1. The molecule has 1 rings (SSSR count). The van der Waals surface area contributed by atoms with Crippen molar-refractivity contribution in [3.63, 3.8) is 0 Å². The number of halogens is 2. The van der Waals surface area contributed by atoms with Crippen molar-refractivity contribution in [2.75, 3.05) is 0 Å². The van der Waals surface area contributed by atoms with Crippen LogP contribution in [0.15, 0.2) is 18.7 Å². The lowest BCUT2D eigenvalue weighted by atomic mass is 10.7. The average Bonchev–Trinajstić information content (AvgIpc) is 2.14. The van der Waals surface area contributed by atoms with Crippen LogP contribution in [0.2, 0.25) is 0 Å². The second-order valence-electron chi connectivity index (χ2n) is 1.59. The standard InChI is InChI=1S/C5H8ClN2.ClH/c1-2-7-3-4-8(6)5-7;/h3-5H,2H2,1H3;1H/q+1;/p-1. The zero-order valence-electron chi connectivity index (χ0n) is 5.09. The summed E-state index contributed by atoms with van der Waals surface area (Å²) in [4.78, 5) is 0. The van der Waals surface area contributed by atoms with E-state index in [2.05, 4.69) is 6.92 Å². The summed E-state index contributed by atoms with van der Waals surface area (Å²) in [6.45, 7) is 3.04. The van der Waals surface area contributed by atoms with Gasteiger partial charge in [-0.05, 0) is 6.92 Å². The molecule has 52 valence electrons. The summed E-state index contributed by atoms with van der Waals surface area (Å²) in [6.07, 6.45) is 5.54. The molecular formula is C5H8Cl2N2. The number of aromatic nitrogens is 2. The molecule has 0 aromatic carbocycles. The van der Waals surface area contributed by atoms with E-state index in [1.807, 2.05) is 17.1 Å². The molecule has 0 atom stereocenters. The third kappa shape index (κ3) is 2.24. The van der Waals surface area contributed by atoms with Crippen molar-refractivity contribution in [3.05, 3.63) is 18.7 Å². The van der Waals surface area contributed by atoms with Gasteiger partial charge >= 0.3 is 0 Å². The van der Waals surface area contributed by atoms with Gasteiger partial charge in [0.2, 0.25) is 0 Å². The topological polar surface area (TPSA) is 8.81 Å². The Morgan fingerprint density at radius 1 is 1.67 bits per heavy atom. The normalized spacial score (nSPS) is 8.67. The molecule has 0 bridgehead atoms. The second-order valence-corrected chi connectivity index (χ2v) is 1.98. The molecule has 2 nitrogen and oxygen atoms in total. The maximum atomic E-state index is 5.53. The van der Waals surface area contributed by atoms with Crippen molar-refractivity contribution in [2.24, 2.45) is 0 Å². The van der Waals surface area contributed by atoms with Crippen molar-refractivity contribution in [1.29, 1.82) is 0 Å². The Morgan fingerprint density at radius 2 is 2.33 bits per heavy atom. The number of imidazole rings is 1. The number of rotatable bonds is 1. The summed E-state index contributed by atoms with van der Waals surface area (Å²) in [7, 11) is 0. The van der Waals surface area contributed by atoms with Gasteiger partial charge in [-0.3, -0.25) is 0 Å². The summed E-state index contributed by atoms with van der Waals surface area (Å²) in [6, 6.07) is 0. The van der Waals surface area contributed by atoms with Crippen LogP contribution in [0.4, 0.5) is 0 Å². The first-order chi connectivity index (χ1) is 3.83. The summed E-state index contributed by atoms with van der Waals surface area (Å²) < 4.78 is 3.50. The first kappa shape index (κ1) is 8.79.